The van der Waals surface area contributed by atoms with Crippen molar-refractivity contribution in [2.45, 2.75) is 25.2 Å². The number of hydrogen-bond donors (Lipinski definition) is 1. The van der Waals surface area contributed by atoms with Gasteiger partial charge in [0.1, 0.15) is 0 Å². The van der Waals surface area contributed by atoms with E-state index in [0.29, 0.717) is 27.7 Å². The number of hydrogen-bond acceptors (Lipinski definition) is 3. The van der Waals surface area contributed by atoms with Gasteiger partial charge < -0.3 is 5.32 Å². The molecule has 1 N–H and O–H groups in total. The summed E-state index contributed by atoms with van der Waals surface area (Å²) in [4.78, 5) is 12.4. The molecule has 22 heavy (non-hydrogen) atoms. The summed E-state index contributed by atoms with van der Waals surface area (Å²) in [5.74, 6) is -0.744. The highest BCUT2D eigenvalue weighted by Crippen LogP contribution is 2.44. The standard InChI is InChI=1S/C17H14Cl2N2O/c1-9-11(8-20)16(10-5-6-12(18)13(19)7-10)17-14(21-9)3-2-4-15(17)22/h5-7,11,16,21H,1-4H2. The van der Waals surface area contributed by atoms with Crippen LogP contribution >= 0.6 is 23.2 Å². The molecular weight excluding hydrogens is 319 g/mol. The van der Waals surface area contributed by atoms with E-state index in [-0.39, 0.29) is 11.7 Å². The topological polar surface area (TPSA) is 52.9 Å². The van der Waals surface area contributed by atoms with E-state index in [0.717, 1.165) is 24.1 Å². The Balaban J connectivity index is 2.18. The Kier molecular flexibility index (Phi) is 3.99. The summed E-state index contributed by atoms with van der Waals surface area (Å²) in [5, 5.41) is 13.6. The quantitative estimate of drug-likeness (QED) is 0.832. The van der Waals surface area contributed by atoms with Gasteiger partial charge in [0, 0.05) is 29.3 Å². The highest BCUT2D eigenvalue weighted by atomic mass is 35.5. The molecule has 1 heterocycles. The maximum Gasteiger partial charge on any atom is 0.161 e. The summed E-state index contributed by atoms with van der Waals surface area (Å²) in [6, 6.07) is 7.53. The van der Waals surface area contributed by atoms with Crippen LogP contribution in [0.1, 0.15) is 30.7 Å². The molecule has 3 rings (SSSR count). The highest BCUT2D eigenvalue weighted by molar-refractivity contribution is 6.42. The largest absolute Gasteiger partial charge is 0.361 e. The van der Waals surface area contributed by atoms with E-state index in [1.165, 1.54) is 0 Å². The van der Waals surface area contributed by atoms with Crippen molar-refractivity contribution in [3.8, 4) is 6.07 Å². The Morgan fingerprint density at radius 3 is 2.73 bits per heavy atom. The van der Waals surface area contributed by atoms with Gasteiger partial charge in [0.05, 0.1) is 22.0 Å². The van der Waals surface area contributed by atoms with Crippen molar-refractivity contribution in [2.75, 3.05) is 0 Å². The average molecular weight is 333 g/mol. The van der Waals surface area contributed by atoms with Crippen LogP contribution in [0.25, 0.3) is 0 Å². The molecule has 1 aromatic carbocycles. The third kappa shape index (κ3) is 2.43. The molecule has 3 nitrogen and oxygen atoms in total. The predicted octanol–water partition coefficient (Wildman–Crippen LogP) is 4.34. The molecule has 1 aliphatic heterocycles. The van der Waals surface area contributed by atoms with Crippen molar-refractivity contribution in [3.63, 3.8) is 0 Å². The van der Waals surface area contributed by atoms with Crippen LogP contribution in [0.4, 0.5) is 0 Å². The summed E-state index contributed by atoms with van der Waals surface area (Å²) < 4.78 is 0. The normalized spacial score (nSPS) is 24.6. The fourth-order valence-electron chi connectivity index (χ4n) is 3.21. The maximum atomic E-state index is 12.4. The fourth-order valence-corrected chi connectivity index (χ4v) is 3.52. The molecule has 0 saturated carbocycles. The van der Waals surface area contributed by atoms with E-state index >= 15 is 0 Å². The monoisotopic (exact) mass is 332 g/mol. The van der Waals surface area contributed by atoms with Gasteiger partial charge in [-0.05, 0) is 30.5 Å². The molecule has 0 fully saturated rings. The second-order valence-electron chi connectivity index (χ2n) is 5.58. The number of allylic oxidation sites excluding steroid dienone is 3. The minimum Gasteiger partial charge on any atom is -0.361 e. The summed E-state index contributed by atoms with van der Waals surface area (Å²) in [7, 11) is 0. The van der Waals surface area contributed by atoms with Crippen molar-refractivity contribution in [2.24, 2.45) is 5.92 Å². The lowest BCUT2D eigenvalue weighted by atomic mass is 9.72. The molecule has 0 bridgehead atoms. The Bertz CT molecular complexity index is 746. The molecule has 0 spiro atoms. The van der Waals surface area contributed by atoms with Gasteiger partial charge in [0.25, 0.3) is 0 Å². The number of rotatable bonds is 1. The van der Waals surface area contributed by atoms with Gasteiger partial charge in [-0.15, -0.1) is 0 Å². The molecule has 0 amide bonds. The molecule has 0 aromatic heterocycles. The fraction of sp³-hybridized carbons (Fsp3) is 0.294. The smallest absolute Gasteiger partial charge is 0.161 e. The molecule has 2 unspecified atom stereocenters. The van der Waals surface area contributed by atoms with E-state index in [9.17, 15) is 10.1 Å². The molecule has 2 aliphatic rings. The molecule has 1 aromatic rings. The third-order valence-electron chi connectivity index (χ3n) is 4.23. The van der Waals surface area contributed by atoms with Gasteiger partial charge >= 0.3 is 0 Å². The van der Waals surface area contributed by atoms with Crippen LogP contribution in [0.5, 0.6) is 0 Å². The van der Waals surface area contributed by atoms with Gasteiger partial charge in [-0.2, -0.15) is 5.26 Å². The van der Waals surface area contributed by atoms with Crippen LogP contribution < -0.4 is 5.32 Å². The lowest BCUT2D eigenvalue weighted by Gasteiger charge is -2.36. The SMILES string of the molecule is C=C1NC2=C(C(=O)CCC2)C(c2ccc(Cl)c(Cl)c2)C1C#N. The van der Waals surface area contributed by atoms with E-state index in [1.807, 2.05) is 6.07 Å². The number of benzene rings is 1. The molecule has 2 atom stereocenters. The molecule has 112 valence electrons. The van der Waals surface area contributed by atoms with Gasteiger partial charge in [0.15, 0.2) is 5.78 Å². The van der Waals surface area contributed by atoms with Gasteiger partial charge in [0.2, 0.25) is 0 Å². The van der Waals surface area contributed by atoms with E-state index in [1.54, 1.807) is 12.1 Å². The molecule has 0 saturated heterocycles. The van der Waals surface area contributed by atoms with Crippen molar-refractivity contribution >= 4 is 29.0 Å². The Morgan fingerprint density at radius 1 is 1.27 bits per heavy atom. The first-order chi connectivity index (χ1) is 10.5. The first-order valence-electron chi connectivity index (χ1n) is 7.09. The minimum atomic E-state index is -0.502. The maximum absolute atomic E-state index is 12.4. The number of halogens is 2. The van der Waals surface area contributed by atoms with Crippen LogP contribution in [0, 0.1) is 17.2 Å². The zero-order valence-electron chi connectivity index (χ0n) is 11.8. The lowest BCUT2D eigenvalue weighted by molar-refractivity contribution is -0.116. The van der Waals surface area contributed by atoms with E-state index in [4.69, 9.17) is 23.2 Å². The number of carbonyl (C=O) groups is 1. The second-order valence-corrected chi connectivity index (χ2v) is 6.39. The number of nitriles is 1. The average Bonchev–Trinajstić information content (AvgIpc) is 2.49. The third-order valence-corrected chi connectivity index (χ3v) is 4.97. The zero-order chi connectivity index (χ0) is 15.9. The number of nitrogens with zero attached hydrogens (tertiary/aromatic N) is 1. The van der Waals surface area contributed by atoms with Crippen LogP contribution in [-0.4, -0.2) is 5.78 Å². The summed E-state index contributed by atoms with van der Waals surface area (Å²) >= 11 is 12.1. The number of Topliss-reactive ketones (excluding diaryl/α,β-unsaturated/α-hetero) is 1. The van der Waals surface area contributed by atoms with Crippen molar-refractivity contribution in [1.82, 2.24) is 5.32 Å². The van der Waals surface area contributed by atoms with Crippen molar-refractivity contribution in [3.05, 3.63) is 57.4 Å². The minimum absolute atomic E-state index is 0.0950. The number of ketones is 1. The first kappa shape index (κ1) is 15.1. The predicted molar refractivity (Wildman–Crippen MR) is 86.5 cm³/mol. The zero-order valence-corrected chi connectivity index (χ0v) is 13.3. The highest BCUT2D eigenvalue weighted by Gasteiger charge is 2.39. The summed E-state index contributed by atoms with van der Waals surface area (Å²) in [6.07, 6.45) is 2.14. The Hall–Kier alpha value is -1.76. The lowest BCUT2D eigenvalue weighted by Crippen LogP contribution is -2.36. The van der Waals surface area contributed by atoms with Crippen LogP contribution in [0.15, 0.2) is 41.7 Å². The van der Waals surface area contributed by atoms with Crippen LogP contribution in [-0.2, 0) is 4.79 Å². The molecule has 0 radical (unpaired) electrons. The van der Waals surface area contributed by atoms with Gasteiger partial charge in [-0.3, -0.25) is 4.79 Å². The summed E-state index contributed by atoms with van der Waals surface area (Å²) in [6.45, 7) is 3.96. The van der Waals surface area contributed by atoms with Crippen molar-refractivity contribution in [1.29, 1.82) is 5.26 Å². The van der Waals surface area contributed by atoms with Crippen molar-refractivity contribution < 1.29 is 4.79 Å². The molecule has 1 aliphatic carbocycles. The molecule has 5 heteroatoms. The van der Waals surface area contributed by atoms with Gasteiger partial charge in [-0.1, -0.05) is 35.8 Å². The molecular formula is C17H14Cl2N2O. The summed E-state index contributed by atoms with van der Waals surface area (Å²) in [5.41, 5.74) is 3.05. The van der Waals surface area contributed by atoms with E-state index in [2.05, 4.69) is 18.0 Å². The van der Waals surface area contributed by atoms with E-state index < -0.39 is 5.92 Å². The van der Waals surface area contributed by atoms with Crippen LogP contribution in [0.2, 0.25) is 10.0 Å². The first-order valence-corrected chi connectivity index (χ1v) is 7.85. The Morgan fingerprint density at radius 2 is 2.05 bits per heavy atom. The van der Waals surface area contributed by atoms with Gasteiger partial charge in [-0.25, -0.2) is 0 Å². The number of carbonyl (C=O) groups excluding carboxylic acids is 1. The second kappa shape index (κ2) is 5.79. The number of nitrogens with one attached hydrogen (secondary N) is 1. The van der Waals surface area contributed by atoms with Crippen LogP contribution in [0.3, 0.4) is 0 Å². The Labute approximate surface area is 139 Å².